The summed E-state index contributed by atoms with van der Waals surface area (Å²) in [5.41, 5.74) is 11.6. The molecule has 4 aromatic heterocycles. The average Bonchev–Trinajstić information content (AvgIpc) is 3.84. The Kier molecular flexibility index (Phi) is 7.87. The summed E-state index contributed by atoms with van der Waals surface area (Å²) in [4.78, 5) is 14.9. The molecule has 0 fully saturated rings. The predicted octanol–water partition coefficient (Wildman–Crippen LogP) is 14.6. The summed E-state index contributed by atoms with van der Waals surface area (Å²) in [6.07, 6.45) is 3.67. The SMILES string of the molecule is c1ccc(-c2cc(-c3cccc(-c4ccncc4)c3)nc(-c3cc(-c4ccc5sc6ccccc6c5c4)cc(-c4ccc5sc6ccccc6c5c4)c3)n2)cc1. The molecule has 56 heavy (non-hydrogen) atoms. The molecule has 0 spiro atoms. The molecular formula is C51H31N3S2. The van der Waals surface area contributed by atoms with Crippen LogP contribution in [0, 0.1) is 0 Å². The maximum absolute atomic E-state index is 5.35. The number of nitrogens with zero attached hydrogens (tertiary/aromatic N) is 3. The van der Waals surface area contributed by atoms with E-state index in [0.717, 1.165) is 61.5 Å². The van der Waals surface area contributed by atoms with Crippen LogP contribution < -0.4 is 0 Å². The lowest BCUT2D eigenvalue weighted by Gasteiger charge is -2.14. The molecule has 0 N–H and O–H groups in total. The predicted molar refractivity (Wildman–Crippen MR) is 238 cm³/mol. The van der Waals surface area contributed by atoms with Crippen molar-refractivity contribution in [1.82, 2.24) is 15.0 Å². The van der Waals surface area contributed by atoms with Gasteiger partial charge < -0.3 is 0 Å². The van der Waals surface area contributed by atoms with E-state index >= 15 is 0 Å². The minimum absolute atomic E-state index is 0.683. The Morgan fingerprint density at radius 2 is 0.768 bits per heavy atom. The van der Waals surface area contributed by atoms with Gasteiger partial charge in [-0.2, -0.15) is 0 Å². The van der Waals surface area contributed by atoms with Crippen molar-refractivity contribution in [3.63, 3.8) is 0 Å². The second-order valence-electron chi connectivity index (χ2n) is 14.1. The zero-order chi connectivity index (χ0) is 37.0. The first-order chi connectivity index (χ1) is 27.7. The highest BCUT2D eigenvalue weighted by atomic mass is 32.1. The molecular weight excluding hydrogens is 719 g/mol. The van der Waals surface area contributed by atoms with Gasteiger partial charge in [0.05, 0.1) is 11.4 Å². The van der Waals surface area contributed by atoms with Crippen LogP contribution in [0.5, 0.6) is 0 Å². The maximum Gasteiger partial charge on any atom is 0.160 e. The number of hydrogen-bond acceptors (Lipinski definition) is 5. The van der Waals surface area contributed by atoms with Crippen LogP contribution in [0.4, 0.5) is 0 Å². The summed E-state index contributed by atoms with van der Waals surface area (Å²) >= 11 is 3.69. The lowest BCUT2D eigenvalue weighted by Crippen LogP contribution is -1.97. The minimum Gasteiger partial charge on any atom is -0.265 e. The van der Waals surface area contributed by atoms with Gasteiger partial charge in [-0.3, -0.25) is 4.98 Å². The zero-order valence-corrected chi connectivity index (χ0v) is 31.7. The molecule has 11 aromatic rings. The van der Waals surface area contributed by atoms with Crippen LogP contribution in [0.3, 0.4) is 0 Å². The number of rotatable bonds is 6. The summed E-state index contributed by atoms with van der Waals surface area (Å²) < 4.78 is 5.19. The Morgan fingerprint density at radius 1 is 0.286 bits per heavy atom. The standard InChI is InChI=1S/C51H31N3S2/c1-2-9-33(10-3-1)45-31-46(37-12-8-11-34(25-37)32-21-23-52-24-22-32)54-51(53-45)40-27-38(35-17-19-49-43(29-35)41-13-4-6-15-47(41)55-49)26-39(28-40)36-18-20-50-44(30-36)42-14-5-7-16-48(42)56-50/h1-31H. The van der Waals surface area contributed by atoms with E-state index in [-0.39, 0.29) is 0 Å². The molecule has 0 saturated carbocycles. The van der Waals surface area contributed by atoms with Crippen LogP contribution in [0.2, 0.25) is 0 Å². The van der Waals surface area contributed by atoms with Gasteiger partial charge in [-0.1, -0.05) is 97.1 Å². The minimum atomic E-state index is 0.683. The van der Waals surface area contributed by atoms with Crippen molar-refractivity contribution < 1.29 is 0 Å². The van der Waals surface area contributed by atoms with Gasteiger partial charge in [-0.05, 0) is 112 Å². The van der Waals surface area contributed by atoms with E-state index in [1.54, 1.807) is 0 Å². The molecule has 0 radical (unpaired) electrons. The fraction of sp³-hybridized carbons (Fsp3) is 0. The van der Waals surface area contributed by atoms with E-state index in [9.17, 15) is 0 Å². The third-order valence-corrected chi connectivity index (χ3v) is 12.9. The van der Waals surface area contributed by atoms with Crippen molar-refractivity contribution in [1.29, 1.82) is 0 Å². The van der Waals surface area contributed by atoms with Crippen molar-refractivity contribution in [2.24, 2.45) is 0 Å². The molecule has 4 heterocycles. The molecule has 0 atom stereocenters. The maximum atomic E-state index is 5.35. The number of fused-ring (bicyclic) bond motifs is 6. The van der Waals surface area contributed by atoms with Crippen molar-refractivity contribution in [2.45, 2.75) is 0 Å². The van der Waals surface area contributed by atoms with E-state index in [4.69, 9.17) is 9.97 Å². The molecule has 3 nitrogen and oxygen atoms in total. The summed E-state index contributed by atoms with van der Waals surface area (Å²) in [5, 5.41) is 5.14. The average molecular weight is 750 g/mol. The van der Waals surface area contributed by atoms with Crippen LogP contribution in [0.25, 0.3) is 108 Å². The number of benzene rings is 7. The van der Waals surface area contributed by atoms with Crippen LogP contribution in [-0.2, 0) is 0 Å². The third kappa shape index (κ3) is 5.86. The van der Waals surface area contributed by atoms with E-state index in [2.05, 4.69) is 163 Å². The van der Waals surface area contributed by atoms with Crippen molar-refractivity contribution in [3.8, 4) is 67.3 Å². The molecule has 0 bridgehead atoms. The second kappa shape index (κ2) is 13.5. The summed E-state index contributed by atoms with van der Waals surface area (Å²) in [7, 11) is 0. The summed E-state index contributed by atoms with van der Waals surface area (Å²) in [6, 6.07) is 63.2. The van der Waals surface area contributed by atoms with Gasteiger partial charge >= 0.3 is 0 Å². The highest BCUT2D eigenvalue weighted by molar-refractivity contribution is 7.26. The Labute approximate surface area is 331 Å². The second-order valence-corrected chi connectivity index (χ2v) is 16.2. The van der Waals surface area contributed by atoms with Gasteiger partial charge in [0.25, 0.3) is 0 Å². The highest BCUT2D eigenvalue weighted by Gasteiger charge is 2.16. The van der Waals surface area contributed by atoms with Gasteiger partial charge in [0.15, 0.2) is 5.82 Å². The van der Waals surface area contributed by atoms with Gasteiger partial charge in [0, 0.05) is 69.4 Å². The Hall–Kier alpha value is -6.79. The monoisotopic (exact) mass is 749 g/mol. The van der Waals surface area contributed by atoms with Gasteiger partial charge in [0.1, 0.15) is 0 Å². The van der Waals surface area contributed by atoms with Gasteiger partial charge in [-0.15, -0.1) is 22.7 Å². The third-order valence-electron chi connectivity index (χ3n) is 10.6. The molecule has 7 aromatic carbocycles. The highest BCUT2D eigenvalue weighted by Crippen LogP contribution is 2.41. The number of thiophene rings is 2. The fourth-order valence-electron chi connectivity index (χ4n) is 7.78. The lowest BCUT2D eigenvalue weighted by molar-refractivity contribution is 1.18. The smallest absolute Gasteiger partial charge is 0.160 e. The molecule has 0 amide bonds. The van der Waals surface area contributed by atoms with Crippen molar-refractivity contribution in [2.75, 3.05) is 0 Å². The summed E-state index contributed by atoms with van der Waals surface area (Å²) in [5.74, 6) is 0.683. The fourth-order valence-corrected chi connectivity index (χ4v) is 9.96. The first-order valence-electron chi connectivity index (χ1n) is 18.6. The number of pyridine rings is 1. The molecule has 0 aliphatic carbocycles. The normalized spacial score (nSPS) is 11.6. The largest absolute Gasteiger partial charge is 0.265 e. The van der Waals surface area contributed by atoms with E-state index in [1.807, 2.05) is 53.3 Å². The topological polar surface area (TPSA) is 38.7 Å². The van der Waals surface area contributed by atoms with Crippen LogP contribution in [-0.4, -0.2) is 15.0 Å². The van der Waals surface area contributed by atoms with E-state index in [0.29, 0.717) is 5.82 Å². The molecule has 0 unspecified atom stereocenters. The quantitative estimate of drug-likeness (QED) is 0.170. The van der Waals surface area contributed by atoms with Crippen molar-refractivity contribution >= 4 is 63.0 Å². The molecule has 0 saturated heterocycles. The van der Waals surface area contributed by atoms with Crippen LogP contribution >= 0.6 is 22.7 Å². The Balaban J connectivity index is 1.13. The zero-order valence-electron chi connectivity index (χ0n) is 30.1. The first kappa shape index (κ1) is 32.6. The Bertz CT molecular complexity index is 3120. The van der Waals surface area contributed by atoms with Crippen LogP contribution in [0.1, 0.15) is 0 Å². The van der Waals surface area contributed by atoms with Gasteiger partial charge in [-0.25, -0.2) is 9.97 Å². The molecule has 0 aliphatic rings. The van der Waals surface area contributed by atoms with E-state index < -0.39 is 0 Å². The molecule has 262 valence electrons. The lowest BCUT2D eigenvalue weighted by atomic mass is 9.94. The van der Waals surface area contributed by atoms with Crippen LogP contribution in [0.15, 0.2) is 188 Å². The van der Waals surface area contributed by atoms with E-state index in [1.165, 1.54) is 40.3 Å². The molecule has 0 aliphatic heterocycles. The Morgan fingerprint density at radius 3 is 1.41 bits per heavy atom. The van der Waals surface area contributed by atoms with Gasteiger partial charge in [0.2, 0.25) is 0 Å². The number of aromatic nitrogens is 3. The molecule has 5 heteroatoms. The molecule has 11 rings (SSSR count). The van der Waals surface area contributed by atoms with Crippen molar-refractivity contribution in [3.05, 3.63) is 188 Å². The number of hydrogen-bond donors (Lipinski definition) is 0. The first-order valence-corrected chi connectivity index (χ1v) is 20.3. The summed E-state index contributed by atoms with van der Waals surface area (Å²) in [6.45, 7) is 0.